The standard InChI is InChI=1S/C15H18BrNO/c1-11-5-6-15(8-11,10-17)9-12-7-13(18-2)3-4-14(12)16/h3-4,7,11H,5-6,8-9H2,1-2H3. The van der Waals surface area contributed by atoms with Crippen LogP contribution in [0.2, 0.25) is 0 Å². The molecular weight excluding hydrogens is 290 g/mol. The molecule has 0 aliphatic heterocycles. The summed E-state index contributed by atoms with van der Waals surface area (Å²) in [5.74, 6) is 1.52. The van der Waals surface area contributed by atoms with Crippen molar-refractivity contribution in [2.45, 2.75) is 32.6 Å². The molecule has 0 radical (unpaired) electrons. The molecule has 0 bridgehead atoms. The third-order valence-electron chi connectivity index (χ3n) is 3.87. The van der Waals surface area contributed by atoms with Gasteiger partial charge >= 0.3 is 0 Å². The molecule has 2 rings (SSSR count). The van der Waals surface area contributed by atoms with E-state index in [-0.39, 0.29) is 5.41 Å². The molecule has 0 amide bonds. The van der Waals surface area contributed by atoms with Crippen LogP contribution in [0.25, 0.3) is 0 Å². The molecule has 1 fully saturated rings. The maximum Gasteiger partial charge on any atom is 0.119 e. The van der Waals surface area contributed by atoms with Gasteiger partial charge in [0.05, 0.1) is 18.6 Å². The molecule has 0 N–H and O–H groups in total. The Kier molecular flexibility index (Phi) is 3.97. The second-order valence-corrected chi connectivity index (χ2v) is 6.23. The minimum absolute atomic E-state index is 0.186. The summed E-state index contributed by atoms with van der Waals surface area (Å²) >= 11 is 3.57. The lowest BCUT2D eigenvalue weighted by atomic mass is 9.81. The summed E-state index contributed by atoms with van der Waals surface area (Å²) in [6.45, 7) is 2.24. The zero-order valence-electron chi connectivity index (χ0n) is 10.9. The van der Waals surface area contributed by atoms with Gasteiger partial charge in [0.25, 0.3) is 0 Å². The van der Waals surface area contributed by atoms with E-state index in [1.807, 2.05) is 18.2 Å². The number of hydrogen-bond acceptors (Lipinski definition) is 2. The summed E-state index contributed by atoms with van der Waals surface area (Å²) in [6, 6.07) is 8.53. The Morgan fingerprint density at radius 1 is 1.56 bits per heavy atom. The highest BCUT2D eigenvalue weighted by Gasteiger charge is 2.38. The quantitative estimate of drug-likeness (QED) is 0.832. The zero-order valence-corrected chi connectivity index (χ0v) is 12.5. The highest BCUT2D eigenvalue weighted by atomic mass is 79.9. The monoisotopic (exact) mass is 307 g/mol. The van der Waals surface area contributed by atoms with Gasteiger partial charge in [-0.25, -0.2) is 0 Å². The predicted octanol–water partition coefficient (Wildman–Crippen LogP) is 4.33. The molecule has 96 valence electrons. The number of methoxy groups -OCH3 is 1. The minimum Gasteiger partial charge on any atom is -0.497 e. The number of rotatable bonds is 3. The number of hydrogen-bond donors (Lipinski definition) is 0. The van der Waals surface area contributed by atoms with Crippen LogP contribution >= 0.6 is 15.9 Å². The van der Waals surface area contributed by atoms with Crippen molar-refractivity contribution in [3.8, 4) is 11.8 Å². The predicted molar refractivity (Wildman–Crippen MR) is 75.5 cm³/mol. The fourth-order valence-corrected chi connectivity index (χ4v) is 3.26. The third kappa shape index (κ3) is 2.70. The molecule has 2 nitrogen and oxygen atoms in total. The molecule has 0 aromatic heterocycles. The van der Waals surface area contributed by atoms with Gasteiger partial charge in [0.1, 0.15) is 5.75 Å². The van der Waals surface area contributed by atoms with Crippen LogP contribution in [0.1, 0.15) is 31.7 Å². The molecular formula is C15H18BrNO. The van der Waals surface area contributed by atoms with Gasteiger partial charge in [-0.1, -0.05) is 22.9 Å². The summed E-state index contributed by atoms with van der Waals surface area (Å²) in [6.07, 6.45) is 3.99. The maximum atomic E-state index is 9.52. The van der Waals surface area contributed by atoms with Crippen LogP contribution in [0.5, 0.6) is 5.75 Å². The first-order valence-electron chi connectivity index (χ1n) is 6.32. The van der Waals surface area contributed by atoms with Crippen LogP contribution in [-0.2, 0) is 6.42 Å². The topological polar surface area (TPSA) is 33.0 Å². The van der Waals surface area contributed by atoms with E-state index in [1.54, 1.807) is 7.11 Å². The van der Waals surface area contributed by atoms with Gasteiger partial charge in [0.2, 0.25) is 0 Å². The van der Waals surface area contributed by atoms with Crippen molar-refractivity contribution in [3.05, 3.63) is 28.2 Å². The molecule has 1 saturated carbocycles. The fraction of sp³-hybridized carbons (Fsp3) is 0.533. The van der Waals surface area contributed by atoms with Crippen LogP contribution in [-0.4, -0.2) is 7.11 Å². The van der Waals surface area contributed by atoms with E-state index in [1.165, 1.54) is 5.56 Å². The average Bonchev–Trinajstić information content (AvgIpc) is 2.74. The molecule has 3 heteroatoms. The molecule has 1 aliphatic rings. The molecule has 1 aromatic rings. The first kappa shape index (κ1) is 13.4. The SMILES string of the molecule is COc1ccc(Br)c(CC2(C#N)CCC(C)C2)c1. The number of benzene rings is 1. The van der Waals surface area contributed by atoms with Crippen LogP contribution in [0.3, 0.4) is 0 Å². The third-order valence-corrected chi connectivity index (χ3v) is 4.65. The highest BCUT2D eigenvalue weighted by Crippen LogP contribution is 2.44. The van der Waals surface area contributed by atoms with Crippen molar-refractivity contribution in [1.29, 1.82) is 5.26 Å². The van der Waals surface area contributed by atoms with E-state index < -0.39 is 0 Å². The van der Waals surface area contributed by atoms with Crippen molar-refractivity contribution in [2.75, 3.05) is 7.11 Å². The second-order valence-electron chi connectivity index (χ2n) is 5.37. The smallest absolute Gasteiger partial charge is 0.119 e. The lowest BCUT2D eigenvalue weighted by Crippen LogP contribution is -2.18. The first-order valence-corrected chi connectivity index (χ1v) is 7.11. The van der Waals surface area contributed by atoms with E-state index in [2.05, 4.69) is 28.9 Å². The molecule has 0 spiro atoms. The first-order chi connectivity index (χ1) is 8.58. The van der Waals surface area contributed by atoms with Gasteiger partial charge in [0.15, 0.2) is 0 Å². The van der Waals surface area contributed by atoms with E-state index in [0.717, 1.165) is 35.9 Å². The maximum absolute atomic E-state index is 9.52. The van der Waals surface area contributed by atoms with Crippen molar-refractivity contribution >= 4 is 15.9 Å². The van der Waals surface area contributed by atoms with Crippen LogP contribution < -0.4 is 4.74 Å². The van der Waals surface area contributed by atoms with E-state index >= 15 is 0 Å². The van der Waals surface area contributed by atoms with Gasteiger partial charge in [-0.3, -0.25) is 0 Å². The zero-order chi connectivity index (χ0) is 13.2. The molecule has 0 saturated heterocycles. The Bertz CT molecular complexity index is 480. The van der Waals surface area contributed by atoms with Crippen LogP contribution in [0.4, 0.5) is 0 Å². The molecule has 1 aliphatic carbocycles. The Hall–Kier alpha value is -1.01. The Morgan fingerprint density at radius 3 is 2.89 bits per heavy atom. The molecule has 18 heavy (non-hydrogen) atoms. The van der Waals surface area contributed by atoms with Gasteiger partial charge < -0.3 is 4.74 Å². The minimum atomic E-state index is -0.186. The van der Waals surface area contributed by atoms with Gasteiger partial charge in [0, 0.05) is 4.47 Å². The second kappa shape index (κ2) is 5.32. The summed E-state index contributed by atoms with van der Waals surface area (Å²) in [4.78, 5) is 0. The molecule has 2 unspecified atom stereocenters. The summed E-state index contributed by atoms with van der Waals surface area (Å²) in [7, 11) is 1.67. The molecule has 0 heterocycles. The lowest BCUT2D eigenvalue weighted by Gasteiger charge is -2.21. The van der Waals surface area contributed by atoms with Crippen molar-refractivity contribution < 1.29 is 4.74 Å². The number of ether oxygens (including phenoxy) is 1. The van der Waals surface area contributed by atoms with E-state index in [4.69, 9.17) is 4.74 Å². The largest absolute Gasteiger partial charge is 0.497 e. The van der Waals surface area contributed by atoms with Crippen molar-refractivity contribution in [3.63, 3.8) is 0 Å². The normalized spacial score (nSPS) is 26.9. The number of nitrogens with zero attached hydrogens (tertiary/aromatic N) is 1. The lowest BCUT2D eigenvalue weighted by molar-refractivity contribution is 0.387. The van der Waals surface area contributed by atoms with Crippen LogP contribution in [0, 0.1) is 22.7 Å². The average molecular weight is 308 g/mol. The summed E-state index contributed by atoms with van der Waals surface area (Å²) in [5.41, 5.74) is 0.985. The molecule has 2 atom stereocenters. The van der Waals surface area contributed by atoms with E-state index in [0.29, 0.717) is 5.92 Å². The number of nitriles is 1. The van der Waals surface area contributed by atoms with Gasteiger partial charge in [-0.15, -0.1) is 0 Å². The summed E-state index contributed by atoms with van der Waals surface area (Å²) < 4.78 is 6.33. The van der Waals surface area contributed by atoms with Crippen molar-refractivity contribution in [2.24, 2.45) is 11.3 Å². The number of halogens is 1. The molecule has 1 aromatic carbocycles. The highest BCUT2D eigenvalue weighted by molar-refractivity contribution is 9.10. The fourth-order valence-electron chi connectivity index (χ4n) is 2.87. The van der Waals surface area contributed by atoms with Gasteiger partial charge in [-0.2, -0.15) is 5.26 Å². The Balaban J connectivity index is 2.25. The Morgan fingerprint density at radius 2 is 2.33 bits per heavy atom. The summed E-state index contributed by atoms with van der Waals surface area (Å²) in [5, 5.41) is 9.52. The van der Waals surface area contributed by atoms with Crippen LogP contribution in [0.15, 0.2) is 22.7 Å². The van der Waals surface area contributed by atoms with E-state index in [9.17, 15) is 5.26 Å². The van der Waals surface area contributed by atoms with Gasteiger partial charge in [-0.05, 0) is 55.4 Å². The van der Waals surface area contributed by atoms with Crippen molar-refractivity contribution in [1.82, 2.24) is 0 Å². The Labute approximate surface area is 117 Å².